The summed E-state index contributed by atoms with van der Waals surface area (Å²) in [6.07, 6.45) is 4.53. The van der Waals surface area contributed by atoms with Gasteiger partial charge in [-0.25, -0.2) is 23.5 Å². The third kappa shape index (κ3) is 7.36. The van der Waals surface area contributed by atoms with Crippen molar-refractivity contribution in [1.82, 2.24) is 29.0 Å². The molecule has 2 aromatic carbocycles. The molecule has 266 valence electrons. The van der Waals surface area contributed by atoms with E-state index in [0.29, 0.717) is 68.9 Å². The predicted molar refractivity (Wildman–Crippen MR) is 188 cm³/mol. The average Bonchev–Trinajstić information content (AvgIpc) is 3.59. The fraction of sp³-hybridized carbons (Fsp3) is 0.351. The van der Waals surface area contributed by atoms with Gasteiger partial charge in [0.1, 0.15) is 17.2 Å². The summed E-state index contributed by atoms with van der Waals surface area (Å²) in [6.45, 7) is 4.11. The SMILES string of the molecule is CCCn1c(=O)n(CCCCOC)c(=O)c2[nH]c(-c3ccc(N(CCCN4CCc5ccccc5C4=O)C(=O)c4ccc(F)c(F)c4)nc3)nc21. The van der Waals surface area contributed by atoms with Crippen LogP contribution in [0.25, 0.3) is 22.6 Å². The standard InChI is InChI=1S/C37H39F2N7O5/c1-3-16-45-33-31(36(49)46(37(45)50)18-6-7-21-51-2)41-32(42-33)26-12-14-30(40-23-26)44(34(47)25-11-13-28(38)29(39)22-25)19-8-17-43-20-15-24-9-4-5-10-27(24)35(43)48/h4-5,9-14,22-23H,3,6-8,15-21H2,1-2H3,(H,41,42). The number of aromatic amines is 1. The van der Waals surface area contributed by atoms with Crippen molar-refractivity contribution in [1.29, 1.82) is 0 Å². The highest BCUT2D eigenvalue weighted by atomic mass is 19.2. The Balaban J connectivity index is 1.27. The molecule has 0 saturated heterocycles. The highest BCUT2D eigenvalue weighted by Gasteiger charge is 2.26. The zero-order valence-corrected chi connectivity index (χ0v) is 28.5. The van der Waals surface area contributed by atoms with Crippen molar-refractivity contribution in [3.8, 4) is 11.4 Å². The highest BCUT2D eigenvalue weighted by molar-refractivity contribution is 6.05. The minimum Gasteiger partial charge on any atom is -0.385 e. The third-order valence-corrected chi connectivity index (χ3v) is 8.99. The Morgan fingerprint density at radius 3 is 2.53 bits per heavy atom. The van der Waals surface area contributed by atoms with E-state index in [4.69, 9.17) is 4.74 Å². The van der Waals surface area contributed by atoms with Crippen molar-refractivity contribution in [2.45, 2.75) is 52.1 Å². The second kappa shape index (κ2) is 15.6. The van der Waals surface area contributed by atoms with Crippen LogP contribution in [0, 0.1) is 11.6 Å². The van der Waals surface area contributed by atoms with Gasteiger partial charge in [0.15, 0.2) is 17.3 Å². The van der Waals surface area contributed by atoms with Crippen LogP contribution in [-0.2, 0) is 24.2 Å². The molecule has 1 N–H and O–H groups in total. The maximum absolute atomic E-state index is 14.2. The summed E-state index contributed by atoms with van der Waals surface area (Å²) < 4.78 is 35.7. The van der Waals surface area contributed by atoms with E-state index in [1.807, 2.05) is 25.1 Å². The number of methoxy groups -OCH3 is 1. The number of aryl methyl sites for hydroxylation is 1. The number of benzene rings is 2. The topological polar surface area (TPSA) is 135 Å². The molecule has 0 unspecified atom stereocenters. The van der Waals surface area contributed by atoms with Crippen LogP contribution in [0.15, 0.2) is 70.4 Å². The number of anilines is 1. The molecule has 0 bridgehead atoms. The van der Waals surface area contributed by atoms with Gasteiger partial charge in [-0.1, -0.05) is 25.1 Å². The van der Waals surface area contributed by atoms with Crippen LogP contribution in [0.1, 0.15) is 58.9 Å². The average molecular weight is 700 g/mol. The van der Waals surface area contributed by atoms with Gasteiger partial charge in [-0.15, -0.1) is 0 Å². The normalized spacial score (nSPS) is 12.8. The number of amides is 2. The molecular formula is C37H39F2N7O5. The van der Waals surface area contributed by atoms with Crippen molar-refractivity contribution in [3.05, 3.63) is 110 Å². The summed E-state index contributed by atoms with van der Waals surface area (Å²) in [4.78, 5) is 68.9. The molecule has 12 nitrogen and oxygen atoms in total. The van der Waals surface area contributed by atoms with Crippen molar-refractivity contribution in [2.24, 2.45) is 0 Å². The second-order valence-corrected chi connectivity index (χ2v) is 12.4. The first-order valence-corrected chi connectivity index (χ1v) is 17.0. The van der Waals surface area contributed by atoms with Gasteiger partial charge in [0, 0.05) is 69.3 Å². The highest BCUT2D eigenvalue weighted by Crippen LogP contribution is 2.24. The molecule has 51 heavy (non-hydrogen) atoms. The van der Waals surface area contributed by atoms with Crippen molar-refractivity contribution < 1.29 is 23.1 Å². The van der Waals surface area contributed by atoms with Crippen molar-refractivity contribution in [2.75, 3.05) is 38.3 Å². The fourth-order valence-corrected chi connectivity index (χ4v) is 6.34. The summed E-state index contributed by atoms with van der Waals surface area (Å²) in [5, 5.41) is 0. The van der Waals surface area contributed by atoms with Gasteiger partial charge in [-0.2, -0.15) is 0 Å². The lowest BCUT2D eigenvalue weighted by Crippen LogP contribution is -2.40. The van der Waals surface area contributed by atoms with Crippen LogP contribution >= 0.6 is 0 Å². The Kier molecular flexibility index (Phi) is 10.8. The Hall–Kier alpha value is -5.50. The van der Waals surface area contributed by atoms with Crippen LogP contribution in [0.2, 0.25) is 0 Å². The summed E-state index contributed by atoms with van der Waals surface area (Å²) >= 11 is 0. The minimum atomic E-state index is -1.15. The maximum Gasteiger partial charge on any atom is 0.332 e. The number of carbonyl (C=O) groups is 2. The molecule has 0 fully saturated rings. The fourth-order valence-electron chi connectivity index (χ4n) is 6.34. The first-order chi connectivity index (χ1) is 24.7. The molecule has 1 aliphatic heterocycles. The Labute approximate surface area is 292 Å². The number of aromatic nitrogens is 5. The first-order valence-electron chi connectivity index (χ1n) is 17.0. The third-order valence-electron chi connectivity index (χ3n) is 8.99. The van der Waals surface area contributed by atoms with Gasteiger partial charge in [-0.05, 0) is 74.1 Å². The number of rotatable bonds is 14. The number of carbonyl (C=O) groups excluding carboxylic acids is 2. The maximum atomic E-state index is 14.2. The van der Waals surface area contributed by atoms with Crippen LogP contribution in [0.3, 0.4) is 0 Å². The molecule has 3 aromatic heterocycles. The van der Waals surface area contributed by atoms with Gasteiger partial charge in [0.05, 0.1) is 0 Å². The number of ether oxygens (including phenoxy) is 1. The van der Waals surface area contributed by atoms with Gasteiger partial charge in [-0.3, -0.25) is 28.4 Å². The number of halogens is 2. The van der Waals surface area contributed by atoms with E-state index < -0.39 is 28.8 Å². The van der Waals surface area contributed by atoms with E-state index in [1.54, 1.807) is 30.2 Å². The number of nitrogens with zero attached hydrogens (tertiary/aromatic N) is 6. The molecule has 14 heteroatoms. The number of unbranched alkanes of at least 4 members (excludes halogenated alkanes) is 1. The number of hydrogen-bond acceptors (Lipinski definition) is 7. The van der Waals surface area contributed by atoms with Gasteiger partial charge in [0.2, 0.25) is 0 Å². The molecule has 4 heterocycles. The Bertz CT molecular complexity index is 2180. The monoisotopic (exact) mass is 699 g/mol. The minimum absolute atomic E-state index is 0.0626. The molecule has 0 spiro atoms. The van der Waals surface area contributed by atoms with Crippen molar-refractivity contribution >= 4 is 28.8 Å². The zero-order valence-electron chi connectivity index (χ0n) is 28.5. The Morgan fingerprint density at radius 1 is 0.961 bits per heavy atom. The van der Waals surface area contributed by atoms with E-state index in [0.717, 1.165) is 24.1 Å². The number of fused-ring (bicyclic) bond motifs is 2. The van der Waals surface area contributed by atoms with Gasteiger partial charge < -0.3 is 14.6 Å². The first kappa shape index (κ1) is 35.3. The number of H-pyrrole nitrogens is 1. The van der Waals surface area contributed by atoms with E-state index in [1.165, 1.54) is 26.3 Å². The van der Waals surface area contributed by atoms with E-state index >= 15 is 0 Å². The molecule has 0 aliphatic carbocycles. The summed E-state index contributed by atoms with van der Waals surface area (Å²) in [7, 11) is 1.60. The molecule has 0 saturated carbocycles. The quantitative estimate of drug-likeness (QED) is 0.165. The number of pyridine rings is 1. The number of imidazole rings is 1. The molecule has 6 rings (SSSR count). The van der Waals surface area contributed by atoms with E-state index in [9.17, 15) is 28.0 Å². The summed E-state index contributed by atoms with van der Waals surface area (Å²) in [6, 6.07) is 13.7. The molecule has 2 amide bonds. The van der Waals surface area contributed by atoms with Gasteiger partial charge in [0.25, 0.3) is 17.4 Å². The molecular weight excluding hydrogens is 660 g/mol. The number of nitrogens with one attached hydrogen (secondary N) is 1. The molecule has 0 atom stereocenters. The predicted octanol–water partition coefficient (Wildman–Crippen LogP) is 4.80. The zero-order chi connectivity index (χ0) is 36.1. The van der Waals surface area contributed by atoms with Crippen LogP contribution in [0.5, 0.6) is 0 Å². The lowest BCUT2D eigenvalue weighted by molar-refractivity contribution is 0.0738. The van der Waals surface area contributed by atoms with Gasteiger partial charge >= 0.3 is 5.69 Å². The summed E-state index contributed by atoms with van der Waals surface area (Å²) in [5.41, 5.74) is 1.63. The van der Waals surface area contributed by atoms with Crippen LogP contribution in [-0.4, -0.2) is 74.2 Å². The van der Waals surface area contributed by atoms with E-state index in [-0.39, 0.29) is 41.5 Å². The lowest BCUT2D eigenvalue weighted by Gasteiger charge is -2.29. The second-order valence-electron chi connectivity index (χ2n) is 12.4. The Morgan fingerprint density at radius 2 is 1.78 bits per heavy atom. The molecule has 5 aromatic rings. The molecule has 0 radical (unpaired) electrons. The van der Waals surface area contributed by atoms with E-state index in [2.05, 4.69) is 15.0 Å². The smallest absolute Gasteiger partial charge is 0.332 e. The van der Waals surface area contributed by atoms with Crippen molar-refractivity contribution in [3.63, 3.8) is 0 Å². The number of hydrogen-bond donors (Lipinski definition) is 1. The lowest BCUT2D eigenvalue weighted by atomic mass is 9.99. The largest absolute Gasteiger partial charge is 0.385 e. The van der Waals surface area contributed by atoms with Crippen LogP contribution in [0.4, 0.5) is 14.6 Å². The van der Waals surface area contributed by atoms with Crippen LogP contribution < -0.4 is 16.1 Å². The molecule has 1 aliphatic rings. The summed E-state index contributed by atoms with van der Waals surface area (Å²) in [5.74, 6) is -2.35.